The number of fused-ring (bicyclic) bond motifs is 1. The second-order valence-electron chi connectivity index (χ2n) is 9.61. The lowest BCUT2D eigenvalue weighted by atomic mass is 9.82. The molecule has 3 aliphatic rings. The highest BCUT2D eigenvalue weighted by Gasteiger charge is 2.41. The van der Waals surface area contributed by atoms with Crippen LogP contribution in [0.2, 0.25) is 0 Å². The van der Waals surface area contributed by atoms with Crippen molar-refractivity contribution in [2.75, 3.05) is 18.5 Å². The van der Waals surface area contributed by atoms with Gasteiger partial charge in [-0.2, -0.15) is 5.10 Å². The molecule has 0 radical (unpaired) electrons. The van der Waals surface area contributed by atoms with Crippen LogP contribution in [0.25, 0.3) is 0 Å². The number of nitrogens with zero attached hydrogens (tertiary/aromatic N) is 4. The third-order valence-corrected chi connectivity index (χ3v) is 6.65. The van der Waals surface area contributed by atoms with Gasteiger partial charge >= 0.3 is 6.03 Å². The van der Waals surface area contributed by atoms with Crippen molar-refractivity contribution in [3.05, 3.63) is 59.4 Å². The summed E-state index contributed by atoms with van der Waals surface area (Å²) in [5, 5.41) is 9.44. The Bertz CT molecular complexity index is 1060. The van der Waals surface area contributed by atoms with Crippen molar-refractivity contribution in [1.82, 2.24) is 14.9 Å². The van der Waals surface area contributed by atoms with Crippen molar-refractivity contribution in [1.29, 1.82) is 0 Å². The van der Waals surface area contributed by atoms with Crippen molar-refractivity contribution < 1.29 is 14.3 Å². The van der Waals surface area contributed by atoms with Crippen LogP contribution in [0.3, 0.4) is 0 Å². The Morgan fingerprint density at radius 3 is 2.55 bits per heavy atom. The van der Waals surface area contributed by atoms with E-state index in [1.807, 2.05) is 50.4 Å². The molecule has 1 aromatic carbocycles. The number of rotatable bonds is 3. The van der Waals surface area contributed by atoms with Crippen LogP contribution >= 0.6 is 0 Å². The molecule has 8 nitrogen and oxygen atoms in total. The van der Waals surface area contributed by atoms with Crippen molar-refractivity contribution in [3.63, 3.8) is 0 Å². The van der Waals surface area contributed by atoms with E-state index < -0.39 is 5.41 Å². The minimum atomic E-state index is -0.512. The Kier molecular flexibility index (Phi) is 5.62. The second kappa shape index (κ2) is 8.59. The zero-order valence-corrected chi connectivity index (χ0v) is 19.1. The fourth-order valence-electron chi connectivity index (χ4n) is 4.66. The third-order valence-electron chi connectivity index (χ3n) is 6.65. The first kappa shape index (κ1) is 21.6. The summed E-state index contributed by atoms with van der Waals surface area (Å²) in [6.07, 6.45) is 5.76. The summed E-state index contributed by atoms with van der Waals surface area (Å²) in [5.41, 5.74) is 4.30. The summed E-state index contributed by atoms with van der Waals surface area (Å²) >= 11 is 0. The molecule has 4 heterocycles. The van der Waals surface area contributed by atoms with Gasteiger partial charge in [0.2, 0.25) is 5.91 Å². The van der Waals surface area contributed by atoms with Crippen LogP contribution in [0.15, 0.2) is 47.8 Å². The molecule has 0 saturated carbocycles. The van der Waals surface area contributed by atoms with Gasteiger partial charge in [0, 0.05) is 50.8 Å². The molecule has 0 unspecified atom stereocenters. The Balaban J connectivity index is 1.29. The largest absolute Gasteiger partial charge is 0.381 e. The fourth-order valence-corrected chi connectivity index (χ4v) is 4.66. The molecule has 172 valence electrons. The van der Waals surface area contributed by atoms with Crippen LogP contribution in [-0.2, 0) is 22.6 Å². The summed E-state index contributed by atoms with van der Waals surface area (Å²) in [4.78, 5) is 31.7. The van der Waals surface area contributed by atoms with E-state index in [0.717, 1.165) is 40.9 Å². The van der Waals surface area contributed by atoms with Gasteiger partial charge in [0.25, 0.3) is 0 Å². The summed E-state index contributed by atoms with van der Waals surface area (Å²) in [6, 6.07) is 9.62. The predicted molar refractivity (Wildman–Crippen MR) is 125 cm³/mol. The quantitative estimate of drug-likeness (QED) is 0.776. The number of hydrazone groups is 1. The van der Waals surface area contributed by atoms with Crippen molar-refractivity contribution in [2.24, 2.45) is 10.5 Å². The number of benzene rings is 1. The predicted octanol–water partition coefficient (Wildman–Crippen LogP) is 3.77. The number of carbonyl (C=O) groups is 2. The lowest BCUT2D eigenvalue weighted by molar-refractivity contribution is -0.145. The topological polar surface area (TPSA) is 87.1 Å². The number of urea groups is 1. The van der Waals surface area contributed by atoms with Crippen molar-refractivity contribution in [3.8, 4) is 0 Å². The molecular weight excluding hydrogens is 418 g/mol. The van der Waals surface area contributed by atoms with Gasteiger partial charge in [-0.15, -0.1) is 0 Å². The molecule has 1 saturated heterocycles. The average Bonchev–Trinajstić information content (AvgIpc) is 3.26. The molecule has 0 aliphatic carbocycles. The summed E-state index contributed by atoms with van der Waals surface area (Å²) in [5.74, 6) is 0.0730. The first-order valence-electron chi connectivity index (χ1n) is 11.5. The Labute approximate surface area is 193 Å². The number of hydrogen-bond acceptors (Lipinski definition) is 5. The standard InChI is InChI=1S/C25H29N5O3/c1-25(2)13-22(28-30(23(25)31)21-8-11-33-12-9-21)17-3-5-20(6-4-17)27-24(32)29-15-18-7-10-26-14-19(18)16-29/h3-7,10,14,21H,8-9,11-13,15-16H2,1-2H3,(H,27,32). The zero-order chi connectivity index (χ0) is 23.0. The maximum absolute atomic E-state index is 13.0. The van der Waals surface area contributed by atoms with E-state index in [-0.39, 0.29) is 18.0 Å². The second-order valence-corrected chi connectivity index (χ2v) is 9.61. The Hall–Kier alpha value is -3.26. The molecule has 8 heteroatoms. The van der Waals surface area contributed by atoms with E-state index in [9.17, 15) is 9.59 Å². The van der Waals surface area contributed by atoms with Gasteiger partial charge in [0.05, 0.1) is 17.2 Å². The lowest BCUT2D eigenvalue weighted by Crippen LogP contribution is -2.50. The Morgan fingerprint density at radius 2 is 1.82 bits per heavy atom. The highest BCUT2D eigenvalue weighted by Crippen LogP contribution is 2.34. The van der Waals surface area contributed by atoms with Crippen LogP contribution in [0, 0.1) is 5.41 Å². The highest BCUT2D eigenvalue weighted by atomic mass is 16.5. The number of pyridine rings is 1. The SMILES string of the molecule is CC1(C)CC(c2ccc(NC(=O)N3Cc4ccncc4C3)cc2)=NN(C2CCOCC2)C1=O. The van der Waals surface area contributed by atoms with E-state index in [1.165, 1.54) is 0 Å². The van der Waals surface area contributed by atoms with E-state index in [0.29, 0.717) is 32.7 Å². The van der Waals surface area contributed by atoms with Gasteiger partial charge < -0.3 is 15.0 Å². The summed E-state index contributed by atoms with van der Waals surface area (Å²) in [7, 11) is 0. The molecule has 2 aromatic rings. The van der Waals surface area contributed by atoms with Gasteiger partial charge in [-0.05, 0) is 47.7 Å². The molecule has 5 rings (SSSR count). The van der Waals surface area contributed by atoms with E-state index in [1.54, 1.807) is 16.1 Å². The molecule has 1 N–H and O–H groups in total. The van der Waals surface area contributed by atoms with Crippen LogP contribution in [0.4, 0.5) is 10.5 Å². The monoisotopic (exact) mass is 447 g/mol. The third kappa shape index (κ3) is 4.35. The van der Waals surface area contributed by atoms with Gasteiger partial charge in [-0.3, -0.25) is 9.78 Å². The number of hydrogen-bond donors (Lipinski definition) is 1. The van der Waals surface area contributed by atoms with Crippen molar-refractivity contribution >= 4 is 23.3 Å². The van der Waals surface area contributed by atoms with E-state index in [2.05, 4.69) is 10.3 Å². The molecule has 0 atom stereocenters. The average molecular weight is 448 g/mol. The summed E-state index contributed by atoms with van der Waals surface area (Å²) < 4.78 is 5.46. The van der Waals surface area contributed by atoms with Gasteiger partial charge in [-0.1, -0.05) is 26.0 Å². The summed E-state index contributed by atoms with van der Waals surface area (Å²) in [6.45, 7) is 6.43. The van der Waals surface area contributed by atoms with Crippen LogP contribution in [0.1, 0.15) is 49.8 Å². The number of carbonyl (C=O) groups excluding carboxylic acids is 2. The number of nitrogens with one attached hydrogen (secondary N) is 1. The minimum Gasteiger partial charge on any atom is -0.381 e. The van der Waals surface area contributed by atoms with Crippen LogP contribution in [0.5, 0.6) is 0 Å². The molecule has 1 fully saturated rings. The van der Waals surface area contributed by atoms with Crippen LogP contribution in [-0.4, -0.2) is 51.8 Å². The molecule has 33 heavy (non-hydrogen) atoms. The number of anilines is 1. The molecule has 0 bridgehead atoms. The fraction of sp³-hybridized carbons (Fsp3) is 0.440. The normalized spacial score (nSPS) is 20.4. The Morgan fingerprint density at radius 1 is 1.09 bits per heavy atom. The van der Waals surface area contributed by atoms with Crippen molar-refractivity contribution in [2.45, 2.75) is 52.2 Å². The minimum absolute atomic E-state index is 0.0730. The first-order valence-corrected chi connectivity index (χ1v) is 11.5. The van der Waals surface area contributed by atoms with E-state index >= 15 is 0 Å². The molecular formula is C25H29N5O3. The number of aromatic nitrogens is 1. The smallest absolute Gasteiger partial charge is 0.322 e. The molecule has 3 aliphatic heterocycles. The van der Waals surface area contributed by atoms with E-state index in [4.69, 9.17) is 9.84 Å². The lowest BCUT2D eigenvalue weighted by Gasteiger charge is -2.39. The highest BCUT2D eigenvalue weighted by molar-refractivity contribution is 6.06. The molecule has 3 amide bonds. The zero-order valence-electron chi connectivity index (χ0n) is 19.1. The van der Waals surface area contributed by atoms with Gasteiger partial charge in [0.1, 0.15) is 0 Å². The van der Waals surface area contributed by atoms with Crippen LogP contribution < -0.4 is 5.32 Å². The van der Waals surface area contributed by atoms with Gasteiger partial charge in [-0.25, -0.2) is 9.80 Å². The maximum atomic E-state index is 13.0. The maximum Gasteiger partial charge on any atom is 0.322 e. The first-order chi connectivity index (χ1) is 15.9. The number of amides is 3. The number of ether oxygens (including phenoxy) is 1. The molecule has 1 aromatic heterocycles. The molecule has 0 spiro atoms. The van der Waals surface area contributed by atoms with Gasteiger partial charge in [0.15, 0.2) is 0 Å².